The van der Waals surface area contributed by atoms with Crippen molar-refractivity contribution in [2.75, 3.05) is 0 Å². The molecule has 0 amide bonds. The van der Waals surface area contributed by atoms with E-state index < -0.39 is 5.97 Å². The van der Waals surface area contributed by atoms with Crippen molar-refractivity contribution in [2.45, 2.75) is 96.8 Å². The van der Waals surface area contributed by atoms with Crippen LogP contribution in [0.15, 0.2) is 12.2 Å². The van der Waals surface area contributed by atoms with Gasteiger partial charge in [-0.05, 0) is 31.1 Å². The number of hydrogen-bond acceptors (Lipinski definition) is 1. The molecule has 1 unspecified atom stereocenters. The summed E-state index contributed by atoms with van der Waals surface area (Å²) in [7, 11) is 0. The Bertz CT molecular complexity index is 309. The first kappa shape index (κ1) is 19.3. The third-order valence-corrected chi connectivity index (χ3v) is 4.97. The summed E-state index contributed by atoms with van der Waals surface area (Å²) in [4.78, 5) is 10.4. The van der Waals surface area contributed by atoms with Gasteiger partial charge in [-0.15, -0.1) is 0 Å². The van der Waals surface area contributed by atoms with Gasteiger partial charge in [0.05, 0.1) is 0 Å². The molecule has 1 N–H and O–H groups in total. The molecular weight excluding hydrogens is 272 g/mol. The van der Waals surface area contributed by atoms with Crippen molar-refractivity contribution in [1.29, 1.82) is 0 Å². The van der Waals surface area contributed by atoms with E-state index in [1.807, 2.05) is 0 Å². The van der Waals surface area contributed by atoms with E-state index in [0.717, 1.165) is 24.7 Å². The quantitative estimate of drug-likeness (QED) is 0.282. The van der Waals surface area contributed by atoms with Crippen molar-refractivity contribution < 1.29 is 9.90 Å². The van der Waals surface area contributed by atoms with E-state index in [-0.39, 0.29) is 0 Å². The van der Waals surface area contributed by atoms with E-state index in [1.54, 1.807) is 0 Å². The standard InChI is InChI=1S/C20H36O2/c1-2-3-4-5-7-10-13-18-16-17-19(18)14-11-8-6-9-12-15-20(21)22/h16-19H,2-15H2,1H3,(H,21,22)/t18?,19-/m1/s1. The topological polar surface area (TPSA) is 37.3 Å². The van der Waals surface area contributed by atoms with Gasteiger partial charge in [0, 0.05) is 6.42 Å². The first-order chi connectivity index (χ1) is 10.7. The lowest BCUT2D eigenvalue weighted by Crippen LogP contribution is -2.18. The van der Waals surface area contributed by atoms with Gasteiger partial charge in [0.2, 0.25) is 0 Å². The summed E-state index contributed by atoms with van der Waals surface area (Å²) in [6, 6.07) is 0. The number of unbranched alkanes of at least 4 members (excludes halogenated alkanes) is 9. The highest BCUT2D eigenvalue weighted by atomic mass is 16.4. The third-order valence-electron chi connectivity index (χ3n) is 4.97. The van der Waals surface area contributed by atoms with E-state index in [0.29, 0.717) is 6.42 Å². The SMILES string of the molecule is CCCCCCCCC1C=C[C@H]1CCCCCCCC(=O)O. The van der Waals surface area contributed by atoms with Crippen LogP contribution in [0.2, 0.25) is 0 Å². The Balaban J connectivity index is 1.88. The van der Waals surface area contributed by atoms with Gasteiger partial charge in [-0.25, -0.2) is 0 Å². The maximum atomic E-state index is 10.4. The van der Waals surface area contributed by atoms with Gasteiger partial charge in [-0.1, -0.05) is 83.3 Å². The monoisotopic (exact) mass is 308 g/mol. The van der Waals surface area contributed by atoms with Gasteiger partial charge in [0.1, 0.15) is 0 Å². The average molecular weight is 309 g/mol. The van der Waals surface area contributed by atoms with E-state index in [4.69, 9.17) is 5.11 Å². The molecule has 0 saturated heterocycles. The molecular formula is C20H36O2. The maximum Gasteiger partial charge on any atom is 0.303 e. The Morgan fingerprint density at radius 3 is 1.68 bits per heavy atom. The molecule has 128 valence electrons. The van der Waals surface area contributed by atoms with Crippen molar-refractivity contribution in [1.82, 2.24) is 0 Å². The summed E-state index contributed by atoms with van der Waals surface area (Å²) in [6.45, 7) is 2.27. The molecule has 2 nitrogen and oxygen atoms in total. The molecule has 0 heterocycles. The molecule has 1 rings (SSSR count). The lowest BCUT2D eigenvalue weighted by Gasteiger charge is -2.29. The van der Waals surface area contributed by atoms with Crippen LogP contribution >= 0.6 is 0 Å². The Kier molecular flexibility index (Phi) is 11.1. The van der Waals surface area contributed by atoms with Crippen LogP contribution in [0.4, 0.5) is 0 Å². The van der Waals surface area contributed by atoms with E-state index >= 15 is 0 Å². The molecule has 0 aliphatic heterocycles. The van der Waals surface area contributed by atoms with E-state index in [1.165, 1.54) is 70.6 Å². The molecule has 22 heavy (non-hydrogen) atoms. The number of aliphatic carboxylic acids is 1. The van der Waals surface area contributed by atoms with Crippen molar-refractivity contribution in [3.05, 3.63) is 12.2 Å². The Morgan fingerprint density at radius 2 is 1.23 bits per heavy atom. The summed E-state index contributed by atoms with van der Waals surface area (Å²) < 4.78 is 0. The molecule has 2 heteroatoms. The van der Waals surface area contributed by atoms with Crippen LogP contribution in [0.5, 0.6) is 0 Å². The minimum Gasteiger partial charge on any atom is -0.481 e. The molecule has 0 spiro atoms. The van der Waals surface area contributed by atoms with Gasteiger partial charge in [-0.3, -0.25) is 4.79 Å². The summed E-state index contributed by atoms with van der Waals surface area (Å²) in [5.41, 5.74) is 0. The molecule has 1 aliphatic rings. The molecule has 0 bridgehead atoms. The second kappa shape index (κ2) is 12.7. The summed E-state index contributed by atoms with van der Waals surface area (Å²) >= 11 is 0. The first-order valence-electron chi connectivity index (χ1n) is 9.64. The molecule has 2 atom stereocenters. The second-order valence-corrected chi connectivity index (χ2v) is 6.97. The molecule has 0 aromatic heterocycles. The lowest BCUT2D eigenvalue weighted by atomic mass is 9.76. The van der Waals surface area contributed by atoms with Crippen LogP contribution < -0.4 is 0 Å². The fraction of sp³-hybridized carbons (Fsp3) is 0.850. The Morgan fingerprint density at radius 1 is 0.773 bits per heavy atom. The van der Waals surface area contributed by atoms with Crippen molar-refractivity contribution in [3.8, 4) is 0 Å². The number of hydrogen-bond donors (Lipinski definition) is 1. The summed E-state index contributed by atoms with van der Waals surface area (Å²) in [5, 5.41) is 8.58. The van der Waals surface area contributed by atoms with Crippen LogP contribution in [0, 0.1) is 11.8 Å². The number of carbonyl (C=O) groups is 1. The molecule has 0 aromatic rings. The van der Waals surface area contributed by atoms with Gasteiger partial charge in [-0.2, -0.15) is 0 Å². The number of rotatable bonds is 15. The summed E-state index contributed by atoms with van der Waals surface area (Å²) in [6.07, 6.45) is 22.0. The van der Waals surface area contributed by atoms with E-state index in [2.05, 4.69) is 19.1 Å². The molecule has 1 aliphatic carbocycles. The smallest absolute Gasteiger partial charge is 0.303 e. The minimum atomic E-state index is -0.655. The normalized spacial score (nSPS) is 20.0. The van der Waals surface area contributed by atoms with E-state index in [9.17, 15) is 4.79 Å². The van der Waals surface area contributed by atoms with Crippen LogP contribution in [0.25, 0.3) is 0 Å². The molecule has 0 radical (unpaired) electrons. The van der Waals surface area contributed by atoms with Gasteiger partial charge >= 0.3 is 5.97 Å². The zero-order chi connectivity index (χ0) is 16.0. The Hall–Kier alpha value is -0.790. The van der Waals surface area contributed by atoms with Crippen LogP contribution in [0.1, 0.15) is 96.8 Å². The average Bonchev–Trinajstić information content (AvgIpc) is 2.47. The fourth-order valence-electron chi connectivity index (χ4n) is 3.39. The van der Waals surface area contributed by atoms with Crippen LogP contribution in [-0.2, 0) is 4.79 Å². The summed E-state index contributed by atoms with van der Waals surface area (Å²) in [5.74, 6) is 1.05. The lowest BCUT2D eigenvalue weighted by molar-refractivity contribution is -0.137. The molecule has 0 fully saturated rings. The van der Waals surface area contributed by atoms with Crippen LogP contribution in [-0.4, -0.2) is 11.1 Å². The molecule has 0 aromatic carbocycles. The van der Waals surface area contributed by atoms with Crippen LogP contribution in [0.3, 0.4) is 0 Å². The maximum absolute atomic E-state index is 10.4. The van der Waals surface area contributed by atoms with Crippen molar-refractivity contribution in [3.63, 3.8) is 0 Å². The van der Waals surface area contributed by atoms with Crippen molar-refractivity contribution in [2.24, 2.45) is 11.8 Å². The predicted octanol–water partition coefficient (Wildman–Crippen LogP) is 6.35. The number of carboxylic acid groups (broad SMARTS) is 1. The number of allylic oxidation sites excluding steroid dienone is 2. The number of carboxylic acids is 1. The second-order valence-electron chi connectivity index (χ2n) is 6.97. The largest absolute Gasteiger partial charge is 0.481 e. The first-order valence-corrected chi connectivity index (χ1v) is 9.64. The van der Waals surface area contributed by atoms with Crippen molar-refractivity contribution >= 4 is 5.97 Å². The Labute approximate surface area is 137 Å². The fourth-order valence-corrected chi connectivity index (χ4v) is 3.39. The highest BCUT2D eigenvalue weighted by Gasteiger charge is 2.22. The van der Waals surface area contributed by atoms with Gasteiger partial charge in [0.25, 0.3) is 0 Å². The highest BCUT2D eigenvalue weighted by Crippen LogP contribution is 2.34. The zero-order valence-corrected chi connectivity index (χ0v) is 14.6. The predicted molar refractivity (Wildman–Crippen MR) is 94.1 cm³/mol. The zero-order valence-electron chi connectivity index (χ0n) is 14.6. The highest BCUT2D eigenvalue weighted by molar-refractivity contribution is 5.66. The van der Waals surface area contributed by atoms with Gasteiger partial charge < -0.3 is 5.11 Å². The third kappa shape index (κ3) is 9.27. The molecule has 0 saturated carbocycles. The van der Waals surface area contributed by atoms with Gasteiger partial charge in [0.15, 0.2) is 0 Å². The minimum absolute atomic E-state index is 0.339.